The number of rotatable bonds is 6. The number of anilines is 1. The van der Waals surface area contributed by atoms with Crippen LogP contribution in [0.5, 0.6) is 17.4 Å². The molecule has 9 heteroatoms. The van der Waals surface area contributed by atoms with E-state index in [1.807, 2.05) is 0 Å². The van der Waals surface area contributed by atoms with Crippen molar-refractivity contribution in [1.29, 1.82) is 0 Å². The maximum absolute atomic E-state index is 11.8. The van der Waals surface area contributed by atoms with Crippen molar-refractivity contribution in [3.63, 3.8) is 0 Å². The largest absolute Gasteiger partial charge is 0.493 e. The molecule has 1 fully saturated rings. The van der Waals surface area contributed by atoms with Gasteiger partial charge in [0.15, 0.2) is 11.5 Å². The van der Waals surface area contributed by atoms with E-state index in [1.165, 1.54) is 13.4 Å². The molecule has 2 aromatic rings. The lowest BCUT2D eigenvalue weighted by Gasteiger charge is -2.46. The maximum atomic E-state index is 11.8. The molecule has 0 radical (unpaired) electrons. The number of piperidine rings is 1. The van der Waals surface area contributed by atoms with Crippen molar-refractivity contribution in [3.05, 3.63) is 40.7 Å². The lowest BCUT2D eigenvalue weighted by atomic mass is 9.79. The van der Waals surface area contributed by atoms with E-state index < -0.39 is 4.92 Å². The van der Waals surface area contributed by atoms with Crippen molar-refractivity contribution in [2.75, 3.05) is 12.4 Å². The molecule has 1 aromatic carbocycles. The molecular formula is C20H27N5O4. The Kier molecular flexibility index (Phi) is 5.61. The molecule has 29 heavy (non-hydrogen) atoms. The Bertz CT molecular complexity index is 884. The first-order chi connectivity index (χ1) is 13.6. The minimum Gasteiger partial charge on any atom is -0.493 e. The van der Waals surface area contributed by atoms with Gasteiger partial charge >= 0.3 is 11.6 Å². The Balaban J connectivity index is 1.92. The Morgan fingerprint density at radius 2 is 1.76 bits per heavy atom. The number of ether oxygens (including phenoxy) is 2. The van der Waals surface area contributed by atoms with Crippen LogP contribution in [-0.4, -0.2) is 39.1 Å². The van der Waals surface area contributed by atoms with Gasteiger partial charge in [0.05, 0.1) is 12.0 Å². The van der Waals surface area contributed by atoms with Crippen molar-refractivity contribution in [1.82, 2.24) is 15.3 Å². The highest BCUT2D eigenvalue weighted by atomic mass is 16.6. The van der Waals surface area contributed by atoms with Gasteiger partial charge in [0, 0.05) is 17.1 Å². The minimum atomic E-state index is -0.523. The molecule has 0 spiro atoms. The Labute approximate surface area is 170 Å². The van der Waals surface area contributed by atoms with Crippen LogP contribution in [-0.2, 0) is 0 Å². The second-order valence-corrected chi connectivity index (χ2v) is 8.53. The number of hydrogen-bond donors (Lipinski definition) is 2. The predicted molar refractivity (Wildman–Crippen MR) is 110 cm³/mol. The molecule has 1 aliphatic rings. The molecule has 0 saturated carbocycles. The van der Waals surface area contributed by atoms with E-state index in [2.05, 4.69) is 48.3 Å². The average molecular weight is 401 g/mol. The number of methoxy groups -OCH3 is 1. The van der Waals surface area contributed by atoms with Crippen molar-refractivity contribution in [2.45, 2.75) is 57.7 Å². The molecule has 3 rings (SSSR count). The third-order valence-corrected chi connectivity index (χ3v) is 4.78. The molecule has 0 atom stereocenters. The summed E-state index contributed by atoms with van der Waals surface area (Å²) in [7, 11) is 1.50. The Morgan fingerprint density at radius 1 is 1.14 bits per heavy atom. The molecular weight excluding hydrogens is 374 g/mol. The number of benzene rings is 1. The van der Waals surface area contributed by atoms with Crippen LogP contribution in [0.1, 0.15) is 40.5 Å². The lowest BCUT2D eigenvalue weighted by molar-refractivity contribution is -0.385. The zero-order valence-electron chi connectivity index (χ0n) is 17.4. The predicted octanol–water partition coefficient (Wildman–Crippen LogP) is 3.91. The van der Waals surface area contributed by atoms with Gasteiger partial charge in [-0.1, -0.05) is 12.1 Å². The first-order valence-corrected chi connectivity index (χ1v) is 9.46. The molecule has 0 unspecified atom stereocenters. The zero-order chi connectivity index (χ0) is 21.2. The summed E-state index contributed by atoms with van der Waals surface area (Å²) >= 11 is 0. The van der Waals surface area contributed by atoms with Crippen LogP contribution in [0.4, 0.5) is 11.5 Å². The molecule has 156 valence electrons. The fourth-order valence-electron chi connectivity index (χ4n) is 4.13. The molecule has 0 bridgehead atoms. The highest BCUT2D eigenvalue weighted by molar-refractivity contribution is 5.62. The van der Waals surface area contributed by atoms with Crippen molar-refractivity contribution < 1.29 is 14.4 Å². The zero-order valence-corrected chi connectivity index (χ0v) is 17.4. The van der Waals surface area contributed by atoms with Gasteiger partial charge in [0.1, 0.15) is 6.33 Å². The van der Waals surface area contributed by atoms with Gasteiger partial charge in [-0.25, -0.2) is 4.98 Å². The van der Waals surface area contributed by atoms with Crippen LogP contribution in [0.3, 0.4) is 0 Å². The van der Waals surface area contributed by atoms with Gasteiger partial charge in [-0.05, 0) is 52.7 Å². The summed E-state index contributed by atoms with van der Waals surface area (Å²) < 4.78 is 11.0. The van der Waals surface area contributed by atoms with E-state index in [0.717, 1.165) is 12.8 Å². The second kappa shape index (κ2) is 7.82. The van der Waals surface area contributed by atoms with Gasteiger partial charge in [-0.15, -0.1) is 0 Å². The van der Waals surface area contributed by atoms with Gasteiger partial charge in [-0.3, -0.25) is 10.1 Å². The second-order valence-electron chi connectivity index (χ2n) is 8.53. The number of nitrogens with zero attached hydrogens (tertiary/aromatic N) is 3. The third-order valence-electron chi connectivity index (χ3n) is 4.78. The summed E-state index contributed by atoms with van der Waals surface area (Å²) in [6.45, 7) is 8.47. The molecule has 0 amide bonds. The van der Waals surface area contributed by atoms with E-state index in [9.17, 15) is 10.1 Å². The topological polar surface area (TPSA) is 111 Å². The van der Waals surface area contributed by atoms with Gasteiger partial charge < -0.3 is 20.1 Å². The Hall–Kier alpha value is -2.94. The summed E-state index contributed by atoms with van der Waals surface area (Å²) in [4.78, 5) is 19.5. The molecule has 0 aliphatic carbocycles. The first kappa shape index (κ1) is 20.8. The van der Waals surface area contributed by atoms with Crippen LogP contribution >= 0.6 is 0 Å². The molecule has 9 nitrogen and oxygen atoms in total. The van der Waals surface area contributed by atoms with E-state index in [1.54, 1.807) is 24.3 Å². The van der Waals surface area contributed by atoms with Crippen LogP contribution in [0.15, 0.2) is 30.6 Å². The smallest absolute Gasteiger partial charge is 0.373 e. The third kappa shape index (κ3) is 4.92. The molecule has 2 heterocycles. The highest BCUT2D eigenvalue weighted by Gasteiger charge is 2.39. The number of nitro groups is 1. The minimum absolute atomic E-state index is 0.00830. The lowest BCUT2D eigenvalue weighted by Crippen LogP contribution is -2.60. The van der Waals surface area contributed by atoms with Gasteiger partial charge in [0.25, 0.3) is 0 Å². The van der Waals surface area contributed by atoms with Gasteiger partial charge in [0.2, 0.25) is 5.82 Å². The normalized spacial score (nSPS) is 18.1. The van der Waals surface area contributed by atoms with Crippen LogP contribution in [0.25, 0.3) is 0 Å². The average Bonchev–Trinajstić information content (AvgIpc) is 2.59. The molecule has 1 aromatic heterocycles. The Morgan fingerprint density at radius 3 is 2.34 bits per heavy atom. The fraction of sp³-hybridized carbons (Fsp3) is 0.500. The standard InChI is InChI=1S/C20H27N5O4/c1-19(2)10-13(11-20(3,4)24-19)23-17-16(25(26)27)18(22-12-21-17)29-15-9-7-6-8-14(15)28-5/h6-9,12-13,24H,10-11H2,1-5H3,(H,21,22,23). The van der Waals surface area contributed by atoms with E-state index in [4.69, 9.17) is 9.47 Å². The fourth-order valence-corrected chi connectivity index (χ4v) is 4.13. The summed E-state index contributed by atoms with van der Waals surface area (Å²) in [5, 5.41) is 18.7. The summed E-state index contributed by atoms with van der Waals surface area (Å²) in [5.41, 5.74) is -0.525. The monoisotopic (exact) mass is 401 g/mol. The maximum Gasteiger partial charge on any atom is 0.373 e. The molecule has 2 N–H and O–H groups in total. The quantitative estimate of drug-likeness (QED) is 0.554. The molecule has 1 saturated heterocycles. The summed E-state index contributed by atoms with van der Waals surface area (Å²) in [6.07, 6.45) is 2.85. The van der Waals surface area contributed by atoms with E-state index in [-0.39, 0.29) is 34.5 Å². The number of nitrogens with one attached hydrogen (secondary N) is 2. The van der Waals surface area contributed by atoms with Crippen LogP contribution < -0.4 is 20.1 Å². The van der Waals surface area contributed by atoms with Crippen LogP contribution in [0.2, 0.25) is 0 Å². The number of para-hydroxylation sites is 2. The summed E-state index contributed by atoms with van der Waals surface area (Å²) in [6, 6.07) is 6.92. The van der Waals surface area contributed by atoms with Crippen molar-refractivity contribution in [3.8, 4) is 17.4 Å². The summed E-state index contributed by atoms with van der Waals surface area (Å²) in [5.74, 6) is 0.807. The molecule has 1 aliphatic heterocycles. The first-order valence-electron chi connectivity index (χ1n) is 9.46. The van der Waals surface area contributed by atoms with Gasteiger partial charge in [-0.2, -0.15) is 4.98 Å². The van der Waals surface area contributed by atoms with E-state index in [0.29, 0.717) is 11.5 Å². The highest BCUT2D eigenvalue weighted by Crippen LogP contribution is 2.39. The SMILES string of the molecule is COc1ccccc1Oc1ncnc(NC2CC(C)(C)NC(C)(C)C2)c1[N+](=O)[O-]. The number of aromatic nitrogens is 2. The van der Waals surface area contributed by atoms with Crippen LogP contribution in [0, 0.1) is 10.1 Å². The van der Waals surface area contributed by atoms with Crippen molar-refractivity contribution in [2.24, 2.45) is 0 Å². The van der Waals surface area contributed by atoms with E-state index >= 15 is 0 Å². The van der Waals surface area contributed by atoms with Crippen molar-refractivity contribution >= 4 is 11.5 Å². The number of hydrogen-bond acceptors (Lipinski definition) is 8.